The van der Waals surface area contributed by atoms with E-state index in [9.17, 15) is 25.2 Å². The zero-order valence-electron chi connectivity index (χ0n) is 50.6. The Morgan fingerprint density at radius 3 is 0.840 bits per heavy atom. The van der Waals surface area contributed by atoms with E-state index in [0.29, 0.717) is 19.3 Å². The summed E-state index contributed by atoms with van der Waals surface area (Å²) in [6.07, 6.45) is 81.2. The molecular weight excluding hydrogens is 923 g/mol. The van der Waals surface area contributed by atoms with Crippen molar-refractivity contribution >= 4 is 5.91 Å². The summed E-state index contributed by atoms with van der Waals surface area (Å²) >= 11 is 0. The number of nitrogens with one attached hydrogen (secondary N) is 1. The third-order valence-electron chi connectivity index (χ3n) is 16.1. The number of carbonyl (C=O) groups is 1. The van der Waals surface area contributed by atoms with E-state index in [4.69, 9.17) is 0 Å². The predicted octanol–water partition coefficient (Wildman–Crippen LogP) is 20.7. The Morgan fingerprint density at radius 2 is 0.560 bits per heavy atom. The molecular formula is C69H133NO5. The first-order valence-corrected chi connectivity index (χ1v) is 33.9. The van der Waals surface area contributed by atoms with Crippen molar-refractivity contribution in [1.82, 2.24) is 5.32 Å². The molecule has 0 aliphatic heterocycles. The topological polar surface area (TPSA) is 110 Å². The molecule has 0 aromatic rings. The fourth-order valence-electron chi connectivity index (χ4n) is 10.8. The van der Waals surface area contributed by atoms with Gasteiger partial charge in [-0.05, 0) is 77.0 Å². The maximum absolute atomic E-state index is 12.6. The fraction of sp³-hybridized carbons (Fsp3) is 0.899. The highest BCUT2D eigenvalue weighted by Crippen LogP contribution is 2.19. The summed E-state index contributed by atoms with van der Waals surface area (Å²) in [5.74, 6) is -0.592. The Kier molecular flexibility index (Phi) is 62.1. The molecule has 444 valence electrons. The quantitative estimate of drug-likeness (QED) is 0.0308. The van der Waals surface area contributed by atoms with E-state index in [1.807, 2.05) is 0 Å². The molecule has 0 bridgehead atoms. The number of hydrogen-bond donors (Lipinski definition) is 5. The minimum absolute atomic E-state index is 0.362. The Labute approximate surface area is 468 Å². The van der Waals surface area contributed by atoms with Gasteiger partial charge in [0.2, 0.25) is 5.91 Å². The lowest BCUT2D eigenvalue weighted by atomic mass is 10.00. The number of carbonyl (C=O) groups excluding carboxylic acids is 1. The number of allylic oxidation sites excluding steroid dienone is 6. The van der Waals surface area contributed by atoms with E-state index in [1.165, 1.54) is 295 Å². The van der Waals surface area contributed by atoms with Crippen LogP contribution in [0.2, 0.25) is 0 Å². The van der Waals surface area contributed by atoms with Gasteiger partial charge in [-0.3, -0.25) is 4.79 Å². The van der Waals surface area contributed by atoms with E-state index in [-0.39, 0.29) is 0 Å². The van der Waals surface area contributed by atoms with E-state index < -0.39 is 36.9 Å². The van der Waals surface area contributed by atoms with Gasteiger partial charge in [-0.15, -0.1) is 0 Å². The summed E-state index contributed by atoms with van der Waals surface area (Å²) in [5, 5.41) is 44.1. The Morgan fingerprint density at radius 1 is 0.320 bits per heavy atom. The third kappa shape index (κ3) is 57.0. The summed E-state index contributed by atoms with van der Waals surface area (Å²) in [7, 11) is 0. The highest BCUT2D eigenvalue weighted by Gasteiger charge is 2.28. The van der Waals surface area contributed by atoms with Gasteiger partial charge in [-0.1, -0.05) is 326 Å². The molecule has 6 heteroatoms. The van der Waals surface area contributed by atoms with Gasteiger partial charge < -0.3 is 25.7 Å². The van der Waals surface area contributed by atoms with E-state index in [2.05, 4.69) is 55.6 Å². The monoisotopic (exact) mass is 1060 g/mol. The molecule has 0 fully saturated rings. The van der Waals surface area contributed by atoms with Crippen molar-refractivity contribution in [1.29, 1.82) is 0 Å². The molecule has 6 nitrogen and oxygen atoms in total. The largest absolute Gasteiger partial charge is 0.394 e. The second-order valence-corrected chi connectivity index (χ2v) is 23.5. The molecule has 75 heavy (non-hydrogen) atoms. The second-order valence-electron chi connectivity index (χ2n) is 23.5. The van der Waals surface area contributed by atoms with Crippen LogP contribution in [0.25, 0.3) is 0 Å². The summed E-state index contributed by atoms with van der Waals surface area (Å²) < 4.78 is 0. The number of unbranched alkanes of at least 4 members (excludes halogenated alkanes) is 48. The van der Waals surface area contributed by atoms with Crippen molar-refractivity contribution in [2.45, 2.75) is 391 Å². The molecule has 0 aromatic heterocycles. The van der Waals surface area contributed by atoms with Crippen LogP contribution in [0.15, 0.2) is 36.5 Å². The number of aliphatic hydroxyl groups is 4. The lowest BCUT2D eigenvalue weighted by molar-refractivity contribution is -0.132. The smallest absolute Gasteiger partial charge is 0.249 e. The van der Waals surface area contributed by atoms with Crippen molar-refractivity contribution in [2.75, 3.05) is 6.61 Å². The van der Waals surface area contributed by atoms with Crippen LogP contribution in [0.1, 0.15) is 367 Å². The Balaban J connectivity index is 3.60. The van der Waals surface area contributed by atoms with Crippen LogP contribution in [0.4, 0.5) is 0 Å². The van der Waals surface area contributed by atoms with Crippen LogP contribution in [0.3, 0.4) is 0 Å². The zero-order chi connectivity index (χ0) is 54.4. The number of rotatable bonds is 63. The van der Waals surface area contributed by atoms with Crippen LogP contribution in [0.5, 0.6) is 0 Å². The highest BCUT2D eigenvalue weighted by atomic mass is 16.3. The molecule has 1 amide bonds. The van der Waals surface area contributed by atoms with Crippen LogP contribution >= 0.6 is 0 Å². The molecule has 0 aromatic carbocycles. The van der Waals surface area contributed by atoms with Crippen molar-refractivity contribution in [2.24, 2.45) is 0 Å². The predicted molar refractivity (Wildman–Crippen MR) is 330 cm³/mol. The molecule has 0 aliphatic carbocycles. The normalized spacial score (nSPS) is 13.7. The molecule has 0 radical (unpaired) electrons. The summed E-state index contributed by atoms with van der Waals surface area (Å²) in [4.78, 5) is 12.6. The number of aliphatic hydroxyl groups excluding tert-OH is 4. The Bertz CT molecular complexity index is 1190. The molecule has 4 atom stereocenters. The molecule has 0 heterocycles. The third-order valence-corrected chi connectivity index (χ3v) is 16.1. The second kappa shape index (κ2) is 63.4. The van der Waals surface area contributed by atoms with Crippen LogP contribution in [-0.4, -0.2) is 57.3 Å². The molecule has 0 saturated heterocycles. The lowest BCUT2D eigenvalue weighted by Gasteiger charge is -2.27. The summed E-state index contributed by atoms with van der Waals surface area (Å²) in [6.45, 7) is 4.09. The lowest BCUT2D eigenvalue weighted by Crippen LogP contribution is -2.53. The fourth-order valence-corrected chi connectivity index (χ4v) is 10.8. The van der Waals surface area contributed by atoms with Gasteiger partial charge in [-0.25, -0.2) is 0 Å². The summed E-state index contributed by atoms with van der Waals surface area (Å²) in [5.41, 5.74) is 0. The summed E-state index contributed by atoms with van der Waals surface area (Å²) in [6, 6.07) is -1.01. The Hall–Kier alpha value is -1.47. The maximum Gasteiger partial charge on any atom is 0.249 e. The van der Waals surface area contributed by atoms with E-state index in [0.717, 1.165) is 38.5 Å². The van der Waals surface area contributed by atoms with E-state index >= 15 is 0 Å². The average molecular weight is 1060 g/mol. The van der Waals surface area contributed by atoms with Gasteiger partial charge in [0.05, 0.1) is 18.8 Å². The minimum atomic E-state index is -1.29. The molecule has 0 spiro atoms. The maximum atomic E-state index is 12.6. The van der Waals surface area contributed by atoms with Crippen molar-refractivity contribution in [3.63, 3.8) is 0 Å². The first-order chi connectivity index (χ1) is 37.0. The first kappa shape index (κ1) is 73.5. The minimum Gasteiger partial charge on any atom is -0.394 e. The SMILES string of the molecule is CCCCCCCCCCCCCC/C=C\CCCCCCCCCCCCCCCCCC(O)C(=O)NC(CO)C(O)C(O)CCC/C=C/CC/C=C/CCCCCCCCCCCCCCCCCCCCC. The molecule has 0 aliphatic rings. The number of amides is 1. The molecule has 0 saturated carbocycles. The van der Waals surface area contributed by atoms with Gasteiger partial charge in [0, 0.05) is 0 Å². The molecule has 4 unspecified atom stereocenters. The van der Waals surface area contributed by atoms with Gasteiger partial charge in [-0.2, -0.15) is 0 Å². The van der Waals surface area contributed by atoms with E-state index in [1.54, 1.807) is 0 Å². The number of hydrogen-bond acceptors (Lipinski definition) is 5. The molecule has 5 N–H and O–H groups in total. The van der Waals surface area contributed by atoms with Crippen LogP contribution in [-0.2, 0) is 4.79 Å². The van der Waals surface area contributed by atoms with Crippen molar-refractivity contribution in [3.05, 3.63) is 36.5 Å². The zero-order valence-corrected chi connectivity index (χ0v) is 50.6. The van der Waals surface area contributed by atoms with Gasteiger partial charge >= 0.3 is 0 Å². The average Bonchev–Trinajstić information content (AvgIpc) is 3.42. The van der Waals surface area contributed by atoms with Crippen LogP contribution in [0, 0.1) is 0 Å². The highest BCUT2D eigenvalue weighted by molar-refractivity contribution is 5.80. The van der Waals surface area contributed by atoms with Gasteiger partial charge in [0.1, 0.15) is 12.2 Å². The van der Waals surface area contributed by atoms with Crippen molar-refractivity contribution in [3.8, 4) is 0 Å². The van der Waals surface area contributed by atoms with Gasteiger partial charge in [0.15, 0.2) is 0 Å². The van der Waals surface area contributed by atoms with Crippen LogP contribution < -0.4 is 5.32 Å². The van der Waals surface area contributed by atoms with Crippen molar-refractivity contribution < 1.29 is 25.2 Å². The molecule has 0 rings (SSSR count). The van der Waals surface area contributed by atoms with Gasteiger partial charge in [0.25, 0.3) is 0 Å². The first-order valence-electron chi connectivity index (χ1n) is 33.9. The standard InChI is InChI=1S/C69H133NO5/c1-3-5-7-9-11-13-15-17-19-21-23-25-27-29-31-33-34-35-37-39-41-43-45-47-49-51-53-55-57-59-61-63-67(73)69(75)70-65(64-71)68(74)66(72)62-60-58-56-54-52-50-48-46-44-42-40-38-36-32-30-28-26-24-22-20-18-16-14-12-10-8-6-4-2/h29,31,46,48,54,56,65-68,71-74H,3-28,30,32-45,47,49-53,55,57-64H2,1-2H3,(H,70,75)/b31-29-,48-46+,56-54+.